The fourth-order valence-corrected chi connectivity index (χ4v) is 0.0994. The van der Waals surface area contributed by atoms with E-state index in [0.29, 0.717) is 0 Å². The summed E-state index contributed by atoms with van der Waals surface area (Å²) in [5.74, 6) is 0. The predicted molar refractivity (Wildman–Crippen MR) is 31.5 cm³/mol. The summed E-state index contributed by atoms with van der Waals surface area (Å²) >= 11 is 0. The van der Waals surface area contributed by atoms with Crippen molar-refractivity contribution in [3.05, 3.63) is 0 Å². The van der Waals surface area contributed by atoms with Crippen LogP contribution in [0.15, 0.2) is 0 Å². The molecule has 0 radical (unpaired) electrons. The summed E-state index contributed by atoms with van der Waals surface area (Å²) in [5.41, 5.74) is 0. The van der Waals surface area contributed by atoms with Gasteiger partial charge in [0.2, 0.25) is 0 Å². The van der Waals surface area contributed by atoms with Crippen LogP contribution < -0.4 is 69.2 Å². The molecule has 13 heteroatoms. The molecule has 13 heavy (non-hydrogen) atoms. The first kappa shape index (κ1) is 46.4. The topological polar surface area (TPSA) is 222 Å². The molecule has 0 aromatic heterocycles. The van der Waals surface area contributed by atoms with E-state index in [1.54, 1.807) is 0 Å². The first-order valence-corrected chi connectivity index (χ1v) is 1.46. The zero-order valence-corrected chi connectivity index (χ0v) is 11.3. The fraction of sp³-hybridized carbons (Fsp3) is 0. The van der Waals surface area contributed by atoms with Crippen LogP contribution in [-0.2, 0) is 4.57 Å². The Balaban J connectivity index is -0.0000000120. The van der Waals surface area contributed by atoms with Gasteiger partial charge in [0, 0.05) is 7.32 Å². The standard InChI is InChI=1S/B2H2O5.2Na.4H2O/c3-1(4)7-2(5)6;;;;;;/h3-4H;;;4*1H2/q-2;2*+1;;;;. The van der Waals surface area contributed by atoms with E-state index in [9.17, 15) is 10.0 Å². The van der Waals surface area contributed by atoms with E-state index in [1.165, 1.54) is 0 Å². The van der Waals surface area contributed by atoms with Gasteiger partial charge in [-0.05, 0) is 0 Å². The predicted octanol–water partition coefficient (Wildman–Crippen LogP) is -13.6. The zero-order chi connectivity index (χ0) is 5.86. The summed E-state index contributed by atoms with van der Waals surface area (Å²) in [6.45, 7) is 0. The van der Waals surface area contributed by atoms with Crippen LogP contribution in [-0.4, -0.2) is 46.6 Å². The third kappa shape index (κ3) is 57.3. The largest absolute Gasteiger partial charge is 1.00 e. The van der Waals surface area contributed by atoms with Crippen molar-refractivity contribution in [3.63, 3.8) is 0 Å². The van der Waals surface area contributed by atoms with Crippen LogP contribution in [0.3, 0.4) is 0 Å². The van der Waals surface area contributed by atoms with Gasteiger partial charge in [-0.2, -0.15) is 0 Å². The van der Waals surface area contributed by atoms with Crippen LogP contribution >= 0.6 is 0 Å². The molecule has 0 saturated heterocycles. The van der Waals surface area contributed by atoms with Crippen molar-refractivity contribution in [1.29, 1.82) is 0 Å². The molecule has 0 aliphatic carbocycles. The monoisotopic (exact) mass is 222 g/mol. The molecule has 0 saturated carbocycles. The Morgan fingerprint density at radius 1 is 0.846 bits per heavy atom. The summed E-state index contributed by atoms with van der Waals surface area (Å²) in [4.78, 5) is 0. The van der Waals surface area contributed by atoms with E-state index in [-0.39, 0.29) is 81.0 Å². The van der Waals surface area contributed by atoms with Crippen molar-refractivity contribution in [3.8, 4) is 0 Å². The molecule has 0 bridgehead atoms. The quantitative estimate of drug-likeness (QED) is 0.432. The maximum absolute atomic E-state index is 9.24. The van der Waals surface area contributed by atoms with Gasteiger partial charge in [-0.15, -0.1) is 0 Å². The van der Waals surface area contributed by atoms with Gasteiger partial charge in [0.1, 0.15) is 0 Å². The first-order chi connectivity index (χ1) is 3.13. The Hall–Kier alpha value is 1.77. The second kappa shape index (κ2) is 29.2. The van der Waals surface area contributed by atoms with Crippen LogP contribution in [0, 0.1) is 0 Å². The molecule has 0 aliphatic heterocycles. The molecule has 0 aromatic rings. The van der Waals surface area contributed by atoms with Crippen molar-refractivity contribution in [1.82, 2.24) is 0 Å². The second-order valence-corrected chi connectivity index (χ2v) is 0.751. The van der Waals surface area contributed by atoms with E-state index < -0.39 is 14.6 Å². The maximum atomic E-state index is 9.24. The van der Waals surface area contributed by atoms with E-state index in [1.807, 2.05) is 0 Å². The molecule has 0 unspecified atom stereocenters. The molecule has 0 aliphatic rings. The van der Waals surface area contributed by atoms with Gasteiger partial charge < -0.3 is 46.6 Å². The average molecular weight is 222 g/mol. The first-order valence-electron chi connectivity index (χ1n) is 1.46. The Morgan fingerprint density at radius 2 is 1.08 bits per heavy atom. The molecule has 0 atom stereocenters. The van der Waals surface area contributed by atoms with Crippen molar-refractivity contribution in [2.45, 2.75) is 0 Å². The van der Waals surface area contributed by atoms with E-state index in [0.717, 1.165) is 0 Å². The average Bonchev–Trinajstić information content (AvgIpc) is 1.27. The molecule has 0 heterocycles. The van der Waals surface area contributed by atoms with E-state index >= 15 is 0 Å². The fourth-order valence-electron chi connectivity index (χ4n) is 0.0994. The minimum atomic E-state index is -2.62. The SMILES string of the molecule is O.O.O.O.[Na+].[Na+].[O-]B([O-])OB(O)O. The molecule has 0 aromatic carbocycles. The minimum Gasteiger partial charge on any atom is -0.872 e. The Morgan fingerprint density at radius 3 is 1.08 bits per heavy atom. The third-order valence-corrected chi connectivity index (χ3v) is 0.233. The molecule has 0 fully saturated rings. The molecule has 0 rings (SSSR count). The van der Waals surface area contributed by atoms with E-state index in [2.05, 4.69) is 4.57 Å². The van der Waals surface area contributed by atoms with Gasteiger partial charge in [-0.25, -0.2) is 0 Å². The molecule has 0 spiro atoms. The normalized spacial score (nSPS) is 4.62. The summed E-state index contributed by atoms with van der Waals surface area (Å²) < 4.78 is 3.25. The zero-order valence-electron chi connectivity index (χ0n) is 7.27. The van der Waals surface area contributed by atoms with Gasteiger partial charge in [0.05, 0.1) is 0 Å². The van der Waals surface area contributed by atoms with Crippen molar-refractivity contribution in [2.75, 3.05) is 0 Å². The maximum Gasteiger partial charge on any atom is 1.00 e. The molecular formula is H10B2Na2O9. The summed E-state index contributed by atoms with van der Waals surface area (Å²) in [6.07, 6.45) is 0. The van der Waals surface area contributed by atoms with Gasteiger partial charge in [0.25, 0.3) is 0 Å². The Kier molecular flexibility index (Phi) is 104. The molecule has 0 amide bonds. The van der Waals surface area contributed by atoms with Crippen LogP contribution in [0.1, 0.15) is 0 Å². The minimum absolute atomic E-state index is 0. The molecule has 9 nitrogen and oxygen atoms in total. The summed E-state index contributed by atoms with van der Waals surface area (Å²) in [5, 5.41) is 33.8. The van der Waals surface area contributed by atoms with Gasteiger partial charge in [-0.3, -0.25) is 0 Å². The van der Waals surface area contributed by atoms with Crippen LogP contribution in [0.4, 0.5) is 0 Å². The van der Waals surface area contributed by atoms with Gasteiger partial charge in [-0.1, -0.05) is 0 Å². The van der Waals surface area contributed by atoms with Gasteiger partial charge in [0.15, 0.2) is 0 Å². The second-order valence-electron chi connectivity index (χ2n) is 0.751. The molecular weight excluding hydrogens is 212 g/mol. The van der Waals surface area contributed by atoms with Crippen LogP contribution in [0.2, 0.25) is 0 Å². The van der Waals surface area contributed by atoms with Crippen LogP contribution in [0.5, 0.6) is 0 Å². The Bertz CT molecular complexity index is 44.9. The number of rotatable bonds is 2. The summed E-state index contributed by atoms with van der Waals surface area (Å²) in [6, 6.07) is 0. The Labute approximate surface area is 119 Å². The smallest absolute Gasteiger partial charge is 0.872 e. The molecule has 10 N–H and O–H groups in total. The summed E-state index contributed by atoms with van der Waals surface area (Å²) in [7, 11) is -4.88. The molecule has 72 valence electrons. The van der Waals surface area contributed by atoms with Crippen molar-refractivity contribution < 1.29 is 106 Å². The van der Waals surface area contributed by atoms with Crippen molar-refractivity contribution in [2.24, 2.45) is 0 Å². The number of hydrogen-bond acceptors (Lipinski definition) is 5. The van der Waals surface area contributed by atoms with Crippen molar-refractivity contribution >= 4 is 14.6 Å². The van der Waals surface area contributed by atoms with Gasteiger partial charge >= 0.3 is 66.4 Å². The third-order valence-electron chi connectivity index (χ3n) is 0.233. The van der Waals surface area contributed by atoms with E-state index in [4.69, 9.17) is 10.0 Å². The number of hydrogen-bond donors (Lipinski definition) is 2. The van der Waals surface area contributed by atoms with Crippen LogP contribution in [0.25, 0.3) is 0 Å².